The van der Waals surface area contributed by atoms with Crippen LogP contribution in [0.5, 0.6) is 11.5 Å². The van der Waals surface area contributed by atoms with E-state index in [1.54, 1.807) is 50.6 Å². The molecule has 0 aliphatic carbocycles. The number of rotatable bonds is 7. The fourth-order valence-electron chi connectivity index (χ4n) is 1.68. The summed E-state index contributed by atoms with van der Waals surface area (Å²) in [6.07, 6.45) is 5.10. The number of methoxy groups -OCH3 is 1. The number of hydrogen-bond acceptors (Lipinski definition) is 5. The van der Waals surface area contributed by atoms with Gasteiger partial charge in [-0.3, -0.25) is 4.79 Å². The molecule has 2 aromatic rings. The van der Waals surface area contributed by atoms with Gasteiger partial charge in [-0.1, -0.05) is 0 Å². The molecule has 7 heteroatoms. The Labute approximate surface area is 153 Å². The van der Waals surface area contributed by atoms with Crippen molar-refractivity contribution in [2.45, 2.75) is 6.92 Å². The molecule has 0 saturated carbocycles. The van der Waals surface area contributed by atoms with Gasteiger partial charge >= 0.3 is 0 Å². The van der Waals surface area contributed by atoms with Crippen molar-refractivity contribution in [1.82, 2.24) is 5.43 Å². The van der Waals surface area contributed by atoms with E-state index in [9.17, 15) is 4.79 Å². The van der Waals surface area contributed by atoms with Gasteiger partial charge in [-0.15, -0.1) is 0 Å². The number of furan rings is 1. The molecule has 1 amide bonds. The highest BCUT2D eigenvalue weighted by Gasteiger charge is 2.06. The molecule has 2 rings (SSSR count). The largest absolute Gasteiger partial charge is 0.497 e. The summed E-state index contributed by atoms with van der Waals surface area (Å²) in [5, 5.41) is 3.97. The zero-order chi connectivity index (χ0) is 17.4. The monoisotopic (exact) mass is 440 g/mol. The molecule has 1 N–H and O–H groups in total. The number of hydrogen-bond donors (Lipinski definition) is 1. The summed E-state index contributed by atoms with van der Waals surface area (Å²) >= 11 is 2.12. The number of carbonyl (C=O) groups is 1. The minimum absolute atomic E-state index is 0.124. The lowest BCUT2D eigenvalue weighted by molar-refractivity contribution is -0.123. The van der Waals surface area contributed by atoms with E-state index in [2.05, 4.69) is 33.1 Å². The number of benzene rings is 1. The van der Waals surface area contributed by atoms with E-state index < -0.39 is 0 Å². The van der Waals surface area contributed by atoms with Crippen LogP contribution in [0.2, 0.25) is 0 Å². The Morgan fingerprint density at radius 2 is 2.25 bits per heavy atom. The van der Waals surface area contributed by atoms with E-state index in [1.807, 2.05) is 12.1 Å². The molecule has 0 radical (unpaired) electrons. The average molecular weight is 440 g/mol. The Morgan fingerprint density at radius 3 is 2.92 bits per heavy atom. The number of carbonyl (C=O) groups excluding carboxylic acids is 1. The van der Waals surface area contributed by atoms with Gasteiger partial charge in [0, 0.05) is 0 Å². The number of allylic oxidation sites excluding steroid dienone is 1. The lowest BCUT2D eigenvalue weighted by atomic mass is 10.3. The second-order valence-electron chi connectivity index (χ2n) is 4.72. The van der Waals surface area contributed by atoms with Crippen LogP contribution in [0.15, 0.2) is 52.2 Å². The molecule has 0 saturated heterocycles. The molecule has 1 aromatic carbocycles. The zero-order valence-corrected chi connectivity index (χ0v) is 15.4. The third kappa shape index (κ3) is 5.73. The van der Waals surface area contributed by atoms with Crippen molar-refractivity contribution in [3.05, 3.63) is 52.0 Å². The molecule has 0 aliphatic heterocycles. The fraction of sp³-hybridized carbons (Fsp3) is 0.176. The van der Waals surface area contributed by atoms with Crippen molar-refractivity contribution in [3.63, 3.8) is 0 Å². The molecule has 0 unspecified atom stereocenters. The zero-order valence-electron chi connectivity index (χ0n) is 13.3. The third-order valence-corrected chi connectivity index (χ3v) is 3.73. The number of nitrogens with one attached hydrogen (secondary N) is 1. The topological polar surface area (TPSA) is 73.1 Å². The first-order valence-electron chi connectivity index (χ1n) is 7.09. The molecule has 1 aromatic heterocycles. The van der Waals surface area contributed by atoms with Gasteiger partial charge in [0.25, 0.3) is 5.91 Å². The van der Waals surface area contributed by atoms with Crippen LogP contribution < -0.4 is 14.9 Å². The lowest BCUT2D eigenvalue weighted by Crippen LogP contribution is -2.25. The SMILES string of the molecule is COc1ccc(OCC(=O)N/N=C(C)/C=C\c2ccco2)c(I)c1. The van der Waals surface area contributed by atoms with Crippen molar-refractivity contribution < 1.29 is 18.7 Å². The normalized spacial score (nSPS) is 11.5. The van der Waals surface area contributed by atoms with Gasteiger partial charge in [-0.05, 0) is 72.0 Å². The molecule has 0 atom stereocenters. The van der Waals surface area contributed by atoms with E-state index >= 15 is 0 Å². The standard InChI is InChI=1S/C17H17IN2O4/c1-12(5-6-13-4-3-9-23-13)19-20-17(21)11-24-16-8-7-14(22-2)10-15(16)18/h3-10H,11H2,1-2H3,(H,20,21)/b6-5-,19-12+. The van der Waals surface area contributed by atoms with Crippen LogP contribution in [0.3, 0.4) is 0 Å². The minimum Gasteiger partial charge on any atom is -0.497 e. The first-order chi connectivity index (χ1) is 11.6. The van der Waals surface area contributed by atoms with Crippen LogP contribution in [0.1, 0.15) is 12.7 Å². The van der Waals surface area contributed by atoms with Crippen molar-refractivity contribution in [2.75, 3.05) is 13.7 Å². The van der Waals surface area contributed by atoms with Crippen molar-refractivity contribution in [3.8, 4) is 11.5 Å². The van der Waals surface area contributed by atoms with Crippen molar-refractivity contribution >= 4 is 40.3 Å². The van der Waals surface area contributed by atoms with Gasteiger partial charge in [0.15, 0.2) is 6.61 Å². The summed E-state index contributed by atoms with van der Waals surface area (Å²) in [6.45, 7) is 1.65. The van der Waals surface area contributed by atoms with Gasteiger partial charge in [-0.2, -0.15) is 5.10 Å². The summed E-state index contributed by atoms with van der Waals surface area (Å²) in [6, 6.07) is 8.99. The van der Waals surface area contributed by atoms with Gasteiger partial charge in [0.05, 0.1) is 22.7 Å². The van der Waals surface area contributed by atoms with Gasteiger partial charge < -0.3 is 13.9 Å². The predicted octanol–water partition coefficient (Wildman–Crippen LogP) is 3.48. The van der Waals surface area contributed by atoms with E-state index in [-0.39, 0.29) is 12.5 Å². The quantitative estimate of drug-likeness (QED) is 0.407. The van der Waals surface area contributed by atoms with Crippen LogP contribution in [0.4, 0.5) is 0 Å². The van der Waals surface area contributed by atoms with Crippen LogP contribution >= 0.6 is 22.6 Å². The van der Waals surface area contributed by atoms with Crippen LogP contribution in [-0.2, 0) is 4.79 Å². The second-order valence-corrected chi connectivity index (χ2v) is 5.88. The number of amides is 1. The minimum atomic E-state index is -0.340. The first kappa shape index (κ1) is 18.1. The predicted molar refractivity (Wildman–Crippen MR) is 100 cm³/mol. The molecular formula is C17H17IN2O4. The first-order valence-corrected chi connectivity index (χ1v) is 8.17. The molecule has 6 nitrogen and oxygen atoms in total. The number of halogens is 1. The van der Waals surface area contributed by atoms with Gasteiger partial charge in [0.2, 0.25) is 0 Å². The maximum atomic E-state index is 11.8. The van der Waals surface area contributed by atoms with E-state index in [0.717, 1.165) is 9.32 Å². The fourth-order valence-corrected chi connectivity index (χ4v) is 2.32. The third-order valence-electron chi connectivity index (χ3n) is 2.89. The molecular weight excluding hydrogens is 423 g/mol. The van der Waals surface area contributed by atoms with Crippen LogP contribution in [0.25, 0.3) is 6.08 Å². The number of nitrogens with zero attached hydrogens (tertiary/aromatic N) is 1. The smallest absolute Gasteiger partial charge is 0.277 e. The van der Waals surface area contributed by atoms with E-state index in [1.165, 1.54) is 0 Å². The summed E-state index contributed by atoms with van der Waals surface area (Å²) in [5.41, 5.74) is 3.08. The molecule has 0 aliphatic rings. The van der Waals surface area contributed by atoms with Crippen LogP contribution in [0, 0.1) is 3.57 Å². The lowest BCUT2D eigenvalue weighted by Gasteiger charge is -2.08. The summed E-state index contributed by atoms with van der Waals surface area (Å²) in [4.78, 5) is 11.8. The molecule has 126 valence electrons. The molecule has 24 heavy (non-hydrogen) atoms. The molecule has 0 spiro atoms. The highest BCUT2D eigenvalue weighted by molar-refractivity contribution is 14.1. The van der Waals surface area contributed by atoms with Crippen molar-refractivity contribution in [2.24, 2.45) is 5.10 Å². The van der Waals surface area contributed by atoms with E-state index in [0.29, 0.717) is 17.2 Å². The Kier molecular flexibility index (Phi) is 6.86. The molecule has 1 heterocycles. The Morgan fingerprint density at radius 1 is 1.42 bits per heavy atom. The highest BCUT2D eigenvalue weighted by atomic mass is 127. The Hall–Kier alpha value is -2.29. The molecule has 0 bridgehead atoms. The number of ether oxygens (including phenoxy) is 2. The van der Waals surface area contributed by atoms with Crippen molar-refractivity contribution in [1.29, 1.82) is 0 Å². The van der Waals surface area contributed by atoms with Crippen LogP contribution in [-0.4, -0.2) is 25.3 Å². The number of hydrazone groups is 1. The average Bonchev–Trinajstić information content (AvgIpc) is 3.10. The van der Waals surface area contributed by atoms with E-state index in [4.69, 9.17) is 13.9 Å². The molecule has 0 fully saturated rings. The maximum absolute atomic E-state index is 11.8. The summed E-state index contributed by atoms with van der Waals surface area (Å²) < 4.78 is 16.6. The summed E-state index contributed by atoms with van der Waals surface area (Å²) in [7, 11) is 1.60. The van der Waals surface area contributed by atoms with Gasteiger partial charge in [0.1, 0.15) is 17.3 Å². The summed E-state index contributed by atoms with van der Waals surface area (Å²) in [5.74, 6) is 1.73. The Bertz CT molecular complexity index is 739. The second kappa shape index (κ2) is 9.11. The highest BCUT2D eigenvalue weighted by Crippen LogP contribution is 2.25. The maximum Gasteiger partial charge on any atom is 0.277 e. The Balaban J connectivity index is 1.81. The van der Waals surface area contributed by atoms with Gasteiger partial charge in [-0.25, -0.2) is 5.43 Å².